The number of fused-ring (bicyclic) bond motifs is 1. The number of thioether (sulfide) groups is 1. The highest BCUT2D eigenvalue weighted by molar-refractivity contribution is 8.00. The number of methoxy groups -OCH3 is 1. The minimum Gasteiger partial charge on any atom is -0.496 e. The van der Waals surface area contributed by atoms with Crippen molar-refractivity contribution >= 4 is 45.9 Å². The minimum atomic E-state index is -1.09. The van der Waals surface area contributed by atoms with Gasteiger partial charge in [-0.1, -0.05) is 36.4 Å². The van der Waals surface area contributed by atoms with Gasteiger partial charge in [0.15, 0.2) is 5.78 Å². The second kappa shape index (κ2) is 10.2. The molecule has 2 N–H and O–H groups in total. The molecule has 7 heteroatoms. The molecule has 1 amide bonds. The number of carbonyl (C=O) groups excluding carboxylic acids is 2. The highest BCUT2D eigenvalue weighted by atomic mass is 32.2. The Kier molecular flexibility index (Phi) is 6.94. The molecular formula is C27H21NO5S. The molecule has 6 nitrogen and oxygen atoms in total. The van der Waals surface area contributed by atoms with E-state index in [9.17, 15) is 19.5 Å². The van der Waals surface area contributed by atoms with Crippen LogP contribution >= 0.6 is 11.8 Å². The Balaban J connectivity index is 1.46. The van der Waals surface area contributed by atoms with Crippen molar-refractivity contribution in [3.05, 3.63) is 102 Å². The third-order valence-electron chi connectivity index (χ3n) is 5.27. The molecule has 4 aromatic carbocycles. The summed E-state index contributed by atoms with van der Waals surface area (Å²) in [6, 6.07) is 24.3. The average molecular weight is 472 g/mol. The number of anilines is 1. The Hall–Kier alpha value is -4.10. The van der Waals surface area contributed by atoms with Crippen LogP contribution in [0, 0.1) is 0 Å². The number of para-hydroxylation sites is 1. The molecule has 0 fully saturated rings. The third kappa shape index (κ3) is 4.94. The molecule has 170 valence electrons. The molecule has 0 saturated carbocycles. The molecule has 0 aliphatic rings. The first-order valence-corrected chi connectivity index (χ1v) is 11.4. The molecule has 0 bridgehead atoms. The summed E-state index contributed by atoms with van der Waals surface area (Å²) >= 11 is 1.39. The summed E-state index contributed by atoms with van der Waals surface area (Å²) in [6.45, 7) is 0. The largest absolute Gasteiger partial charge is 0.496 e. The lowest BCUT2D eigenvalue weighted by Gasteiger charge is -2.11. The summed E-state index contributed by atoms with van der Waals surface area (Å²) in [5, 5.41) is 13.4. The Morgan fingerprint density at radius 3 is 2.15 bits per heavy atom. The standard InChI is InChI=1S/C27H21NO5S/c1-33-24-11-3-2-8-20(24)23(29)16-34-19-14-12-18(13-15-19)28-26(30)21-9-4-6-17-7-5-10-22(25(17)21)27(31)32/h2-15H,16H2,1H3,(H,28,30)(H,31,32). The van der Waals surface area contributed by atoms with E-state index in [0.29, 0.717) is 27.8 Å². The average Bonchev–Trinajstić information content (AvgIpc) is 2.87. The number of ether oxygens (including phenoxy) is 1. The first-order chi connectivity index (χ1) is 16.5. The Morgan fingerprint density at radius 1 is 0.824 bits per heavy atom. The summed E-state index contributed by atoms with van der Waals surface area (Å²) in [5.41, 5.74) is 1.47. The summed E-state index contributed by atoms with van der Waals surface area (Å²) in [4.78, 5) is 38.0. The van der Waals surface area contributed by atoms with Crippen LogP contribution in [0.5, 0.6) is 5.75 Å². The van der Waals surface area contributed by atoms with Gasteiger partial charge in [-0.05, 0) is 53.9 Å². The van der Waals surface area contributed by atoms with Crippen molar-refractivity contribution in [1.82, 2.24) is 0 Å². The number of Topliss-reactive ketones (excluding diaryl/α,β-unsaturated/α-hetero) is 1. The number of hydrogen-bond donors (Lipinski definition) is 2. The molecule has 0 spiro atoms. The number of carbonyl (C=O) groups is 3. The number of carboxylic acid groups (broad SMARTS) is 1. The summed E-state index contributed by atoms with van der Waals surface area (Å²) in [5.74, 6) is -0.725. The second-order valence-corrected chi connectivity index (χ2v) is 8.45. The lowest BCUT2D eigenvalue weighted by atomic mass is 9.98. The zero-order valence-corrected chi connectivity index (χ0v) is 19.1. The van der Waals surface area contributed by atoms with E-state index in [2.05, 4.69) is 5.32 Å². The first kappa shape index (κ1) is 23.1. The predicted octanol–water partition coefficient (Wildman–Crippen LogP) is 5.77. The van der Waals surface area contributed by atoms with E-state index in [0.717, 1.165) is 4.90 Å². The fraction of sp³-hybridized carbons (Fsp3) is 0.0741. The van der Waals surface area contributed by atoms with Gasteiger partial charge in [0.2, 0.25) is 0 Å². The van der Waals surface area contributed by atoms with Crippen LogP contribution in [0.4, 0.5) is 5.69 Å². The molecule has 0 radical (unpaired) electrons. The van der Waals surface area contributed by atoms with Crippen LogP contribution in [0.2, 0.25) is 0 Å². The Morgan fingerprint density at radius 2 is 1.47 bits per heavy atom. The van der Waals surface area contributed by atoms with Crippen molar-refractivity contribution in [2.75, 3.05) is 18.2 Å². The zero-order valence-electron chi connectivity index (χ0n) is 18.3. The van der Waals surface area contributed by atoms with Gasteiger partial charge >= 0.3 is 5.97 Å². The smallest absolute Gasteiger partial charge is 0.336 e. The maximum absolute atomic E-state index is 13.0. The molecule has 0 saturated heterocycles. The van der Waals surface area contributed by atoms with Gasteiger partial charge in [0.25, 0.3) is 5.91 Å². The van der Waals surface area contributed by atoms with Gasteiger partial charge in [0.1, 0.15) is 5.75 Å². The maximum Gasteiger partial charge on any atom is 0.336 e. The normalized spacial score (nSPS) is 10.6. The zero-order chi connectivity index (χ0) is 24.1. The monoisotopic (exact) mass is 471 g/mol. The number of ketones is 1. The molecule has 4 aromatic rings. The predicted molar refractivity (Wildman–Crippen MR) is 133 cm³/mol. The number of nitrogens with one attached hydrogen (secondary N) is 1. The van der Waals surface area contributed by atoms with E-state index in [-0.39, 0.29) is 22.7 Å². The molecule has 0 atom stereocenters. The number of aromatic carboxylic acids is 1. The summed E-state index contributed by atoms with van der Waals surface area (Å²) in [6.07, 6.45) is 0. The number of amides is 1. The molecular weight excluding hydrogens is 450 g/mol. The van der Waals surface area contributed by atoms with Gasteiger partial charge in [0.05, 0.1) is 24.0 Å². The summed E-state index contributed by atoms with van der Waals surface area (Å²) < 4.78 is 5.25. The van der Waals surface area contributed by atoms with Crippen LogP contribution in [0.25, 0.3) is 10.8 Å². The van der Waals surface area contributed by atoms with Crippen molar-refractivity contribution < 1.29 is 24.2 Å². The lowest BCUT2D eigenvalue weighted by Crippen LogP contribution is -2.13. The van der Waals surface area contributed by atoms with Gasteiger partial charge in [-0.15, -0.1) is 11.8 Å². The number of rotatable bonds is 8. The van der Waals surface area contributed by atoms with Crippen molar-refractivity contribution in [1.29, 1.82) is 0 Å². The Labute approximate surface area is 200 Å². The number of hydrogen-bond acceptors (Lipinski definition) is 5. The van der Waals surface area contributed by atoms with E-state index in [1.54, 1.807) is 60.7 Å². The molecule has 0 aliphatic carbocycles. The molecule has 4 rings (SSSR count). The van der Waals surface area contributed by atoms with Gasteiger partial charge in [-0.2, -0.15) is 0 Å². The van der Waals surface area contributed by atoms with E-state index in [1.165, 1.54) is 24.9 Å². The maximum atomic E-state index is 13.0. The van der Waals surface area contributed by atoms with Gasteiger partial charge < -0.3 is 15.2 Å². The summed E-state index contributed by atoms with van der Waals surface area (Å²) in [7, 11) is 1.53. The van der Waals surface area contributed by atoms with Crippen LogP contribution in [0.3, 0.4) is 0 Å². The van der Waals surface area contributed by atoms with Crippen LogP contribution in [0.15, 0.2) is 89.8 Å². The number of benzene rings is 4. The van der Waals surface area contributed by atoms with E-state index in [4.69, 9.17) is 4.74 Å². The first-order valence-electron chi connectivity index (χ1n) is 10.4. The van der Waals surface area contributed by atoms with E-state index < -0.39 is 11.9 Å². The van der Waals surface area contributed by atoms with Crippen molar-refractivity contribution in [2.45, 2.75) is 4.90 Å². The molecule has 0 heterocycles. The third-order valence-corrected chi connectivity index (χ3v) is 6.28. The van der Waals surface area contributed by atoms with Gasteiger partial charge in [0, 0.05) is 21.5 Å². The fourth-order valence-electron chi connectivity index (χ4n) is 3.64. The van der Waals surface area contributed by atoms with Crippen LogP contribution in [0.1, 0.15) is 31.1 Å². The highest BCUT2D eigenvalue weighted by Gasteiger charge is 2.17. The van der Waals surface area contributed by atoms with Crippen molar-refractivity contribution in [3.8, 4) is 5.75 Å². The molecule has 0 aromatic heterocycles. The topological polar surface area (TPSA) is 92.7 Å². The van der Waals surface area contributed by atoms with Crippen LogP contribution < -0.4 is 10.1 Å². The van der Waals surface area contributed by atoms with Crippen LogP contribution in [-0.4, -0.2) is 35.6 Å². The molecule has 0 unspecified atom stereocenters. The second-order valence-electron chi connectivity index (χ2n) is 7.41. The fourth-order valence-corrected chi connectivity index (χ4v) is 4.42. The molecule has 34 heavy (non-hydrogen) atoms. The minimum absolute atomic E-state index is 0.0370. The van der Waals surface area contributed by atoms with Crippen molar-refractivity contribution in [3.63, 3.8) is 0 Å². The molecule has 0 aliphatic heterocycles. The van der Waals surface area contributed by atoms with E-state index >= 15 is 0 Å². The lowest BCUT2D eigenvalue weighted by molar-refractivity contribution is 0.0698. The van der Waals surface area contributed by atoms with Gasteiger partial charge in [-0.3, -0.25) is 9.59 Å². The highest BCUT2D eigenvalue weighted by Crippen LogP contribution is 2.26. The van der Waals surface area contributed by atoms with E-state index in [1.807, 2.05) is 18.2 Å². The SMILES string of the molecule is COc1ccccc1C(=O)CSc1ccc(NC(=O)c2cccc3cccc(C(=O)O)c23)cc1. The van der Waals surface area contributed by atoms with Gasteiger partial charge in [-0.25, -0.2) is 4.79 Å². The van der Waals surface area contributed by atoms with Crippen LogP contribution in [-0.2, 0) is 0 Å². The quantitative estimate of drug-likeness (QED) is 0.250. The number of carboxylic acids is 1. The Bertz CT molecular complexity index is 1380. The van der Waals surface area contributed by atoms with Crippen molar-refractivity contribution in [2.24, 2.45) is 0 Å².